The Morgan fingerprint density at radius 1 is 1.71 bits per heavy atom. The van der Waals surface area contributed by atoms with Crippen molar-refractivity contribution in [3.63, 3.8) is 0 Å². The molecular weight excluding hydrogens is 212 g/mol. The van der Waals surface area contributed by atoms with Crippen LogP contribution in [-0.4, -0.2) is 15.9 Å². The molecule has 0 saturated heterocycles. The van der Waals surface area contributed by atoms with Crippen LogP contribution in [0.3, 0.4) is 0 Å². The van der Waals surface area contributed by atoms with Gasteiger partial charge in [-0.2, -0.15) is 0 Å². The van der Waals surface area contributed by atoms with Gasteiger partial charge in [-0.05, 0) is 0 Å². The molecule has 7 heteroatoms. The highest BCUT2D eigenvalue weighted by Gasteiger charge is 2.15. The van der Waals surface area contributed by atoms with Gasteiger partial charge in [-0.3, -0.25) is 14.9 Å². The molecule has 1 rings (SSSR count). The van der Waals surface area contributed by atoms with E-state index in [2.05, 4.69) is 9.72 Å². The van der Waals surface area contributed by atoms with Gasteiger partial charge >= 0.3 is 11.7 Å². The fraction of sp³-hybridized carbons (Fsp3) is 0.143. The van der Waals surface area contributed by atoms with Gasteiger partial charge in [-0.15, -0.1) is 0 Å². The average molecular weight is 217 g/mol. The number of rotatable bonds is 2. The van der Waals surface area contributed by atoms with Crippen LogP contribution in [0, 0.1) is 10.1 Å². The molecule has 0 aliphatic heterocycles. The Bertz CT molecular complexity index is 393. The number of hydrogen-bond acceptors (Lipinski definition) is 5. The van der Waals surface area contributed by atoms with Crippen molar-refractivity contribution in [2.75, 3.05) is 0 Å². The van der Waals surface area contributed by atoms with Gasteiger partial charge in [-0.1, -0.05) is 11.6 Å². The Hall–Kier alpha value is -1.69. The van der Waals surface area contributed by atoms with Crippen molar-refractivity contribution < 1.29 is 14.5 Å². The summed E-state index contributed by atoms with van der Waals surface area (Å²) in [6.45, 7) is 1.18. The summed E-state index contributed by atoms with van der Waals surface area (Å²) in [5.41, 5.74) is -0.398. The van der Waals surface area contributed by atoms with Crippen molar-refractivity contribution in [2.24, 2.45) is 0 Å². The maximum Gasteiger partial charge on any atom is 0.310 e. The first-order valence-corrected chi connectivity index (χ1v) is 3.87. The van der Waals surface area contributed by atoms with Gasteiger partial charge in [0.25, 0.3) is 0 Å². The van der Waals surface area contributed by atoms with E-state index in [9.17, 15) is 14.9 Å². The van der Waals surface area contributed by atoms with Gasteiger partial charge in [0.05, 0.1) is 17.2 Å². The van der Waals surface area contributed by atoms with Gasteiger partial charge in [0, 0.05) is 6.92 Å². The van der Waals surface area contributed by atoms with E-state index in [1.165, 1.54) is 6.92 Å². The molecule has 0 saturated carbocycles. The van der Waals surface area contributed by atoms with Gasteiger partial charge in [-0.25, -0.2) is 4.98 Å². The molecule has 0 aliphatic rings. The van der Waals surface area contributed by atoms with Crippen molar-refractivity contribution in [1.82, 2.24) is 4.98 Å². The quantitative estimate of drug-likeness (QED) is 0.324. The normalized spacial score (nSPS) is 9.57. The molecule has 0 unspecified atom stereocenters. The third-order valence-electron chi connectivity index (χ3n) is 1.25. The lowest BCUT2D eigenvalue weighted by atomic mass is 10.4. The number of nitro groups is 1. The number of aromatic nitrogens is 1. The zero-order valence-electron chi connectivity index (χ0n) is 7.06. The predicted molar refractivity (Wildman–Crippen MR) is 47.2 cm³/mol. The van der Waals surface area contributed by atoms with E-state index in [4.69, 9.17) is 11.6 Å². The van der Waals surface area contributed by atoms with Crippen LogP contribution >= 0.6 is 11.6 Å². The van der Waals surface area contributed by atoms with E-state index in [1.807, 2.05) is 0 Å². The lowest BCUT2D eigenvalue weighted by molar-refractivity contribution is -0.385. The molecule has 14 heavy (non-hydrogen) atoms. The van der Waals surface area contributed by atoms with Gasteiger partial charge in [0.1, 0.15) is 0 Å². The Morgan fingerprint density at radius 2 is 2.36 bits per heavy atom. The van der Waals surface area contributed by atoms with Crippen molar-refractivity contribution in [3.05, 3.63) is 27.5 Å². The summed E-state index contributed by atoms with van der Waals surface area (Å²) in [5, 5.41) is 10.2. The number of halogens is 1. The molecule has 0 N–H and O–H groups in total. The number of carbonyl (C=O) groups is 1. The Labute approximate surface area is 83.6 Å². The minimum Gasteiger partial charge on any atom is -0.425 e. The molecule has 74 valence electrons. The maximum absolute atomic E-state index is 10.5. The van der Waals surface area contributed by atoms with Gasteiger partial charge in [0.15, 0.2) is 5.75 Å². The smallest absolute Gasteiger partial charge is 0.310 e. The van der Waals surface area contributed by atoms with Crippen LogP contribution in [0.1, 0.15) is 6.92 Å². The first-order valence-electron chi connectivity index (χ1n) is 3.49. The summed E-state index contributed by atoms with van der Waals surface area (Å²) in [6.07, 6.45) is 1.14. The van der Waals surface area contributed by atoms with Crippen LogP contribution in [0.5, 0.6) is 5.75 Å². The molecule has 0 amide bonds. The van der Waals surface area contributed by atoms with E-state index >= 15 is 0 Å². The molecule has 0 radical (unpaired) electrons. The summed E-state index contributed by atoms with van der Waals surface area (Å²) in [5.74, 6) is -0.586. The second-order valence-electron chi connectivity index (χ2n) is 2.33. The molecule has 0 aromatic carbocycles. The molecule has 1 heterocycles. The molecule has 0 bridgehead atoms. The van der Waals surface area contributed by atoms with Crippen molar-refractivity contribution in [3.8, 4) is 5.75 Å². The molecule has 0 spiro atoms. The zero-order chi connectivity index (χ0) is 10.7. The molecule has 0 atom stereocenters. The Morgan fingerprint density at radius 3 is 2.86 bits per heavy atom. The lowest BCUT2D eigenvalue weighted by Gasteiger charge is -2.00. The molecule has 0 aliphatic carbocycles. The van der Waals surface area contributed by atoms with Gasteiger partial charge in [0.2, 0.25) is 5.15 Å². The summed E-state index contributed by atoms with van der Waals surface area (Å²) in [7, 11) is 0. The lowest BCUT2D eigenvalue weighted by Crippen LogP contribution is -2.02. The SMILES string of the molecule is CC(=O)Oc1cnc(Cl)c([N+](=O)[O-])c1. The van der Waals surface area contributed by atoms with E-state index < -0.39 is 16.6 Å². The number of pyridine rings is 1. The fourth-order valence-corrected chi connectivity index (χ4v) is 0.940. The minimum atomic E-state index is -0.706. The number of carbonyl (C=O) groups excluding carboxylic acids is 1. The Balaban J connectivity index is 3.06. The van der Waals surface area contributed by atoms with E-state index in [0.717, 1.165) is 12.3 Å². The summed E-state index contributed by atoms with van der Waals surface area (Å²) >= 11 is 5.43. The maximum atomic E-state index is 10.5. The topological polar surface area (TPSA) is 82.3 Å². The standard InChI is InChI=1S/C7H5ClN2O4/c1-4(11)14-5-2-6(10(12)13)7(8)9-3-5/h2-3H,1H3. The van der Waals surface area contributed by atoms with E-state index in [-0.39, 0.29) is 10.9 Å². The van der Waals surface area contributed by atoms with Crippen LogP contribution in [0.25, 0.3) is 0 Å². The number of nitrogens with zero attached hydrogens (tertiary/aromatic N) is 2. The van der Waals surface area contributed by atoms with Crippen molar-refractivity contribution in [2.45, 2.75) is 6.92 Å². The summed E-state index contributed by atoms with van der Waals surface area (Å²) in [4.78, 5) is 23.7. The predicted octanol–water partition coefficient (Wildman–Crippen LogP) is 1.57. The number of ether oxygens (including phenoxy) is 1. The Kier molecular flexibility index (Phi) is 2.98. The number of hydrogen-bond donors (Lipinski definition) is 0. The van der Waals surface area contributed by atoms with Crippen LogP contribution in [0.15, 0.2) is 12.3 Å². The van der Waals surface area contributed by atoms with Crippen LogP contribution in [0.2, 0.25) is 5.15 Å². The average Bonchev–Trinajstić information content (AvgIpc) is 2.07. The van der Waals surface area contributed by atoms with E-state index in [1.54, 1.807) is 0 Å². The van der Waals surface area contributed by atoms with Crippen molar-refractivity contribution >= 4 is 23.3 Å². The molecule has 1 aromatic heterocycles. The third-order valence-corrected chi connectivity index (χ3v) is 1.54. The highest BCUT2D eigenvalue weighted by atomic mass is 35.5. The van der Waals surface area contributed by atoms with Gasteiger partial charge < -0.3 is 4.74 Å². The van der Waals surface area contributed by atoms with Crippen LogP contribution in [0.4, 0.5) is 5.69 Å². The second kappa shape index (κ2) is 4.01. The second-order valence-corrected chi connectivity index (χ2v) is 2.69. The van der Waals surface area contributed by atoms with Crippen LogP contribution in [-0.2, 0) is 4.79 Å². The summed E-state index contributed by atoms with van der Waals surface area (Å²) < 4.78 is 4.60. The highest BCUT2D eigenvalue weighted by Crippen LogP contribution is 2.25. The molecule has 0 fully saturated rings. The molecular formula is C7H5ClN2O4. The monoisotopic (exact) mass is 216 g/mol. The first kappa shape index (κ1) is 10.4. The zero-order valence-corrected chi connectivity index (χ0v) is 7.82. The summed E-state index contributed by atoms with van der Waals surface area (Å²) in [6, 6.07) is 1.04. The molecule has 1 aromatic rings. The highest BCUT2D eigenvalue weighted by molar-refractivity contribution is 6.31. The fourth-order valence-electron chi connectivity index (χ4n) is 0.768. The van der Waals surface area contributed by atoms with Crippen molar-refractivity contribution in [1.29, 1.82) is 0 Å². The minimum absolute atomic E-state index is 0.00593. The third kappa shape index (κ3) is 2.40. The number of esters is 1. The van der Waals surface area contributed by atoms with Crippen LogP contribution < -0.4 is 4.74 Å². The first-order chi connectivity index (χ1) is 6.50. The molecule has 6 nitrogen and oxygen atoms in total. The largest absolute Gasteiger partial charge is 0.425 e. The van der Waals surface area contributed by atoms with E-state index in [0.29, 0.717) is 0 Å².